The van der Waals surface area contributed by atoms with Gasteiger partial charge in [0.15, 0.2) is 6.29 Å². The summed E-state index contributed by atoms with van der Waals surface area (Å²) in [6.45, 7) is 14.8. The van der Waals surface area contributed by atoms with Crippen LogP contribution in [0.4, 0.5) is 4.79 Å². The van der Waals surface area contributed by atoms with E-state index in [-0.39, 0.29) is 24.1 Å². The summed E-state index contributed by atoms with van der Waals surface area (Å²) in [5.74, 6) is -0.316. The molecule has 0 heterocycles. The maximum absolute atomic E-state index is 14.3. The minimum atomic E-state index is -2.96. The van der Waals surface area contributed by atoms with Gasteiger partial charge in [-0.05, 0) is 55.1 Å². The van der Waals surface area contributed by atoms with Crippen LogP contribution in [0.1, 0.15) is 60.5 Å². The molecule has 268 valence electrons. The molecule has 0 spiro atoms. The van der Waals surface area contributed by atoms with Gasteiger partial charge < -0.3 is 33.6 Å². The third-order valence-corrected chi connectivity index (χ3v) is 13.3. The molecule has 2 amide bonds. The normalized spacial score (nSPS) is 13.5. The highest BCUT2D eigenvalue weighted by Gasteiger charge is 2.50. The number of benzene rings is 3. The summed E-state index contributed by atoms with van der Waals surface area (Å²) in [5, 5.41) is 4.72. The predicted molar refractivity (Wildman–Crippen MR) is 196 cm³/mol. The summed E-state index contributed by atoms with van der Waals surface area (Å²) in [4.78, 5) is 28.8. The number of ether oxygens (including phenoxy) is 4. The molecule has 0 bridgehead atoms. The molecule has 0 unspecified atom stereocenters. The van der Waals surface area contributed by atoms with Crippen molar-refractivity contribution < 1.29 is 33.0 Å². The van der Waals surface area contributed by atoms with Gasteiger partial charge in [-0.25, -0.2) is 4.79 Å². The van der Waals surface area contributed by atoms with E-state index in [4.69, 9.17) is 23.4 Å². The number of rotatable bonds is 17. The van der Waals surface area contributed by atoms with Crippen molar-refractivity contribution in [2.24, 2.45) is 0 Å². The van der Waals surface area contributed by atoms with Gasteiger partial charge in [0, 0.05) is 20.8 Å². The fraction of sp³-hybridized carbons (Fsp3) is 0.487. The largest absolute Gasteiger partial charge is 0.444 e. The first kappa shape index (κ1) is 39.9. The van der Waals surface area contributed by atoms with Crippen molar-refractivity contribution in [2.75, 3.05) is 34.0 Å². The zero-order chi connectivity index (χ0) is 36.1. The summed E-state index contributed by atoms with van der Waals surface area (Å²) < 4.78 is 30.1. The summed E-state index contributed by atoms with van der Waals surface area (Å²) in [6, 6.07) is 29.4. The van der Waals surface area contributed by atoms with Crippen molar-refractivity contribution in [3.8, 4) is 0 Å². The van der Waals surface area contributed by atoms with Crippen LogP contribution < -0.4 is 15.7 Å². The number of amides is 2. The minimum Gasteiger partial charge on any atom is -0.444 e. The van der Waals surface area contributed by atoms with E-state index in [0.29, 0.717) is 19.6 Å². The lowest BCUT2D eigenvalue weighted by molar-refractivity contribution is -0.152. The SMILES string of the molecule is COC(CN(C(=O)[C@H](C)NC(=O)OC(C)(C)C)[C@@H](CCOCc1ccccc1)CO[Si](c1ccccc1)(c1ccccc1)C(C)(C)C)OC. The number of nitrogens with zero attached hydrogens (tertiary/aromatic N) is 1. The Morgan fingerprint density at radius 2 is 1.31 bits per heavy atom. The lowest BCUT2D eigenvalue weighted by atomic mass is 10.1. The molecule has 0 saturated carbocycles. The Labute approximate surface area is 294 Å². The smallest absolute Gasteiger partial charge is 0.408 e. The van der Waals surface area contributed by atoms with Crippen molar-refractivity contribution >= 4 is 30.7 Å². The number of nitrogens with one attached hydrogen (secondary N) is 1. The average Bonchev–Trinajstić information content (AvgIpc) is 3.06. The van der Waals surface area contributed by atoms with Gasteiger partial charge in [-0.2, -0.15) is 0 Å². The fourth-order valence-corrected chi connectivity index (χ4v) is 10.5. The Bertz CT molecular complexity index is 1370. The first-order valence-corrected chi connectivity index (χ1v) is 18.8. The highest BCUT2D eigenvalue weighted by molar-refractivity contribution is 6.99. The van der Waals surface area contributed by atoms with E-state index >= 15 is 0 Å². The Hall–Kier alpha value is -3.54. The molecule has 10 heteroatoms. The van der Waals surface area contributed by atoms with E-state index in [9.17, 15) is 9.59 Å². The van der Waals surface area contributed by atoms with Crippen LogP contribution in [0.15, 0.2) is 91.0 Å². The second-order valence-corrected chi connectivity index (χ2v) is 18.5. The molecule has 1 N–H and O–H groups in total. The third-order valence-electron chi connectivity index (χ3n) is 8.32. The Morgan fingerprint density at radius 3 is 1.78 bits per heavy atom. The Kier molecular flexibility index (Phi) is 15.0. The van der Waals surface area contributed by atoms with Crippen molar-refractivity contribution in [1.82, 2.24) is 10.2 Å². The molecule has 0 aromatic heterocycles. The van der Waals surface area contributed by atoms with Crippen LogP contribution in [-0.4, -0.2) is 83.2 Å². The van der Waals surface area contributed by atoms with Crippen LogP contribution in [0.3, 0.4) is 0 Å². The zero-order valence-electron chi connectivity index (χ0n) is 30.7. The molecule has 2 atom stereocenters. The molecule has 3 aromatic carbocycles. The topological polar surface area (TPSA) is 95.6 Å². The van der Waals surface area contributed by atoms with Crippen molar-refractivity contribution in [1.29, 1.82) is 0 Å². The molecule has 0 aliphatic heterocycles. The van der Waals surface area contributed by atoms with Crippen LogP contribution in [0.2, 0.25) is 5.04 Å². The van der Waals surface area contributed by atoms with Gasteiger partial charge in [-0.15, -0.1) is 0 Å². The van der Waals surface area contributed by atoms with Gasteiger partial charge in [0.2, 0.25) is 5.91 Å². The second-order valence-electron chi connectivity index (χ2n) is 14.2. The van der Waals surface area contributed by atoms with Crippen LogP contribution in [0, 0.1) is 0 Å². The van der Waals surface area contributed by atoms with Crippen LogP contribution in [-0.2, 0) is 34.8 Å². The van der Waals surface area contributed by atoms with Crippen molar-refractivity contribution in [3.05, 3.63) is 96.6 Å². The number of alkyl carbamates (subject to hydrolysis) is 1. The lowest BCUT2D eigenvalue weighted by Crippen LogP contribution is -2.67. The van der Waals surface area contributed by atoms with Crippen molar-refractivity contribution in [3.63, 3.8) is 0 Å². The van der Waals surface area contributed by atoms with Crippen LogP contribution in [0.25, 0.3) is 0 Å². The van der Waals surface area contributed by atoms with Gasteiger partial charge in [0.1, 0.15) is 11.6 Å². The lowest BCUT2D eigenvalue weighted by Gasteiger charge is -2.45. The third kappa shape index (κ3) is 11.5. The molecule has 0 aliphatic rings. The molecular weight excluding hydrogens is 637 g/mol. The molecule has 0 saturated heterocycles. The fourth-order valence-electron chi connectivity index (χ4n) is 5.92. The quantitative estimate of drug-likeness (QED) is 0.107. The second kappa shape index (κ2) is 18.5. The highest BCUT2D eigenvalue weighted by atomic mass is 28.4. The van der Waals surface area contributed by atoms with E-state index in [1.54, 1.807) is 32.6 Å². The molecule has 3 aromatic rings. The molecule has 49 heavy (non-hydrogen) atoms. The number of hydrogen-bond donors (Lipinski definition) is 1. The minimum absolute atomic E-state index is 0.111. The summed E-state index contributed by atoms with van der Waals surface area (Å²) in [6.07, 6.45) is -0.913. The summed E-state index contributed by atoms with van der Waals surface area (Å²) in [5.41, 5.74) is 0.343. The van der Waals surface area contributed by atoms with E-state index < -0.39 is 38.4 Å². The van der Waals surface area contributed by atoms with Gasteiger partial charge in [-0.1, -0.05) is 112 Å². The number of carbonyl (C=O) groups excluding carboxylic acids is 2. The van der Waals surface area contributed by atoms with E-state index in [1.165, 1.54) is 14.2 Å². The van der Waals surface area contributed by atoms with Crippen LogP contribution >= 0.6 is 0 Å². The summed E-state index contributed by atoms with van der Waals surface area (Å²) in [7, 11) is 0.115. The Morgan fingerprint density at radius 1 is 0.796 bits per heavy atom. The zero-order valence-corrected chi connectivity index (χ0v) is 31.7. The first-order valence-electron chi connectivity index (χ1n) is 16.9. The monoisotopic (exact) mass is 692 g/mol. The van der Waals surface area contributed by atoms with Crippen molar-refractivity contribution in [2.45, 2.75) is 90.5 Å². The maximum Gasteiger partial charge on any atom is 0.408 e. The molecule has 0 fully saturated rings. The molecule has 0 aliphatic carbocycles. The molecular formula is C39H56N2O7Si. The first-order chi connectivity index (χ1) is 23.2. The standard InChI is InChI=1S/C39H56N2O7Si/c1-30(40-37(43)48-38(2,3)4)36(42)41(27-35(44-8)45-9)32(25-26-46-28-31-19-13-10-14-20-31)29-47-49(39(5,6)7,33-21-15-11-16-22-33)34-23-17-12-18-24-34/h10-24,30,32,35H,25-29H2,1-9H3,(H,40,43)/t30-,32-/m0/s1. The number of carbonyl (C=O) groups is 2. The number of hydrogen-bond acceptors (Lipinski definition) is 7. The van der Waals surface area contributed by atoms with Gasteiger partial charge >= 0.3 is 6.09 Å². The molecule has 0 radical (unpaired) electrons. The van der Waals surface area contributed by atoms with Gasteiger partial charge in [0.05, 0.1) is 25.8 Å². The van der Waals surface area contributed by atoms with E-state index in [2.05, 4.69) is 50.4 Å². The Balaban J connectivity index is 2.03. The van der Waals surface area contributed by atoms with Gasteiger partial charge in [-0.3, -0.25) is 4.79 Å². The molecule has 3 rings (SSSR count). The van der Waals surface area contributed by atoms with Gasteiger partial charge in [0.25, 0.3) is 8.32 Å². The average molecular weight is 693 g/mol. The summed E-state index contributed by atoms with van der Waals surface area (Å²) >= 11 is 0. The van der Waals surface area contributed by atoms with E-state index in [1.807, 2.05) is 66.7 Å². The highest BCUT2D eigenvalue weighted by Crippen LogP contribution is 2.37. The van der Waals surface area contributed by atoms with Crippen LogP contribution in [0.5, 0.6) is 0 Å². The maximum atomic E-state index is 14.3. The van der Waals surface area contributed by atoms with E-state index in [0.717, 1.165) is 15.9 Å². The number of methoxy groups -OCH3 is 2. The molecule has 9 nitrogen and oxygen atoms in total. The predicted octanol–water partition coefficient (Wildman–Crippen LogP) is 5.90.